The molecular weight excluding hydrogens is 256 g/mol. The van der Waals surface area contributed by atoms with E-state index in [0.29, 0.717) is 0 Å². The molecule has 2 rings (SSSR count). The molecule has 0 N–H and O–H groups in total. The van der Waals surface area contributed by atoms with Gasteiger partial charge >= 0.3 is 0 Å². The summed E-state index contributed by atoms with van der Waals surface area (Å²) in [7, 11) is 0. The predicted octanol–water partition coefficient (Wildman–Crippen LogP) is 4.56. The van der Waals surface area contributed by atoms with Crippen LogP contribution in [-0.4, -0.2) is 6.29 Å². The lowest BCUT2D eigenvalue weighted by Crippen LogP contribution is -1.90. The molecule has 0 bridgehead atoms. The van der Waals surface area contributed by atoms with E-state index in [-0.39, 0.29) is 0 Å². The van der Waals surface area contributed by atoms with Gasteiger partial charge in [0.25, 0.3) is 0 Å². The van der Waals surface area contributed by atoms with Crippen LogP contribution in [0.1, 0.15) is 17.5 Å². The molecule has 0 fully saturated rings. The summed E-state index contributed by atoms with van der Waals surface area (Å²) in [5, 5.41) is 0.748. The first-order chi connectivity index (χ1) is 9.29. The van der Waals surface area contributed by atoms with Gasteiger partial charge in [0.1, 0.15) is 6.29 Å². The van der Waals surface area contributed by atoms with Crippen LogP contribution < -0.4 is 0 Å². The first-order valence-corrected chi connectivity index (χ1v) is 6.61. The SMILES string of the molecule is O=C/C=C(/CCc1cccc(Cl)c1)c1ccccc1. The average Bonchev–Trinajstić information content (AvgIpc) is 2.44. The highest BCUT2D eigenvalue weighted by Gasteiger charge is 2.02. The lowest BCUT2D eigenvalue weighted by molar-refractivity contribution is -0.104. The fraction of sp³-hybridized carbons (Fsp3) is 0.118. The molecule has 0 aliphatic carbocycles. The molecule has 2 aromatic carbocycles. The van der Waals surface area contributed by atoms with Gasteiger partial charge in [-0.1, -0.05) is 54.1 Å². The number of hydrogen-bond acceptors (Lipinski definition) is 1. The monoisotopic (exact) mass is 270 g/mol. The highest BCUT2D eigenvalue weighted by atomic mass is 35.5. The molecule has 0 saturated carbocycles. The minimum Gasteiger partial charge on any atom is -0.299 e. The second-order valence-corrected chi connectivity index (χ2v) is 4.76. The third-order valence-electron chi connectivity index (χ3n) is 2.99. The summed E-state index contributed by atoms with van der Waals surface area (Å²) in [5.74, 6) is 0. The van der Waals surface area contributed by atoms with Crippen molar-refractivity contribution in [1.82, 2.24) is 0 Å². The molecule has 2 heteroatoms. The largest absolute Gasteiger partial charge is 0.299 e. The number of benzene rings is 2. The molecule has 19 heavy (non-hydrogen) atoms. The molecule has 0 aromatic heterocycles. The molecule has 0 radical (unpaired) electrons. The molecule has 96 valence electrons. The molecule has 0 aliphatic rings. The Morgan fingerprint density at radius 2 is 1.84 bits per heavy atom. The van der Waals surface area contributed by atoms with Crippen molar-refractivity contribution < 1.29 is 4.79 Å². The van der Waals surface area contributed by atoms with Crippen LogP contribution in [0.5, 0.6) is 0 Å². The van der Waals surface area contributed by atoms with Crippen molar-refractivity contribution in [2.24, 2.45) is 0 Å². The number of carbonyl (C=O) groups is 1. The van der Waals surface area contributed by atoms with E-state index in [1.807, 2.05) is 48.5 Å². The standard InChI is InChI=1S/C17H15ClO/c18-17-8-4-5-14(13-17)9-10-16(11-12-19)15-6-2-1-3-7-15/h1-8,11-13H,9-10H2/b16-11-. The lowest BCUT2D eigenvalue weighted by Gasteiger charge is -2.07. The van der Waals surface area contributed by atoms with E-state index in [9.17, 15) is 4.79 Å². The normalized spacial score (nSPS) is 11.3. The molecule has 1 nitrogen and oxygen atoms in total. The first kappa shape index (κ1) is 13.6. The number of rotatable bonds is 5. The van der Waals surface area contributed by atoms with Gasteiger partial charge in [-0.05, 0) is 47.8 Å². The van der Waals surface area contributed by atoms with Gasteiger partial charge in [-0.3, -0.25) is 4.79 Å². The summed E-state index contributed by atoms with van der Waals surface area (Å²) < 4.78 is 0. The smallest absolute Gasteiger partial charge is 0.143 e. The lowest BCUT2D eigenvalue weighted by atomic mass is 9.98. The molecule has 0 unspecified atom stereocenters. The van der Waals surface area contributed by atoms with Crippen LogP contribution in [0.3, 0.4) is 0 Å². The summed E-state index contributed by atoms with van der Waals surface area (Å²) in [6, 6.07) is 17.8. The second kappa shape index (κ2) is 6.91. The minimum atomic E-state index is 0.748. The van der Waals surface area contributed by atoms with Crippen LogP contribution in [0.25, 0.3) is 5.57 Å². The zero-order chi connectivity index (χ0) is 13.5. The maximum atomic E-state index is 10.8. The van der Waals surface area contributed by atoms with E-state index in [1.54, 1.807) is 6.08 Å². The number of carbonyl (C=O) groups excluding carboxylic acids is 1. The highest BCUT2D eigenvalue weighted by Crippen LogP contribution is 2.21. The van der Waals surface area contributed by atoms with Gasteiger partial charge in [0.05, 0.1) is 0 Å². The van der Waals surface area contributed by atoms with Crippen LogP contribution >= 0.6 is 11.6 Å². The van der Waals surface area contributed by atoms with E-state index >= 15 is 0 Å². The Kier molecular flexibility index (Phi) is 4.93. The van der Waals surface area contributed by atoms with Crippen molar-refractivity contribution in [2.45, 2.75) is 12.8 Å². The van der Waals surface area contributed by atoms with Crippen molar-refractivity contribution in [1.29, 1.82) is 0 Å². The minimum absolute atomic E-state index is 0.748. The van der Waals surface area contributed by atoms with Crippen molar-refractivity contribution >= 4 is 23.5 Å². The predicted molar refractivity (Wildman–Crippen MR) is 80.3 cm³/mol. The van der Waals surface area contributed by atoms with E-state index in [2.05, 4.69) is 6.07 Å². The van der Waals surface area contributed by atoms with Gasteiger partial charge in [0.2, 0.25) is 0 Å². The van der Waals surface area contributed by atoms with E-state index < -0.39 is 0 Å². The number of allylic oxidation sites excluding steroid dienone is 2. The van der Waals surface area contributed by atoms with Crippen molar-refractivity contribution in [3.63, 3.8) is 0 Å². The maximum Gasteiger partial charge on any atom is 0.143 e. The van der Waals surface area contributed by atoms with Gasteiger partial charge in [-0.15, -0.1) is 0 Å². The van der Waals surface area contributed by atoms with Crippen LogP contribution in [-0.2, 0) is 11.2 Å². The fourth-order valence-electron chi connectivity index (χ4n) is 2.03. The van der Waals surface area contributed by atoms with E-state index in [1.165, 1.54) is 5.56 Å². The maximum absolute atomic E-state index is 10.8. The Balaban J connectivity index is 2.11. The Bertz CT molecular complexity index is 573. The van der Waals surface area contributed by atoms with E-state index in [0.717, 1.165) is 35.3 Å². The Morgan fingerprint density at radius 3 is 2.53 bits per heavy atom. The zero-order valence-electron chi connectivity index (χ0n) is 10.6. The number of halogens is 1. The Morgan fingerprint density at radius 1 is 1.05 bits per heavy atom. The highest BCUT2D eigenvalue weighted by molar-refractivity contribution is 6.30. The summed E-state index contributed by atoms with van der Waals surface area (Å²) in [6.07, 6.45) is 4.18. The molecule has 0 saturated heterocycles. The van der Waals surface area contributed by atoms with Crippen molar-refractivity contribution in [3.8, 4) is 0 Å². The molecule has 0 atom stereocenters. The van der Waals surface area contributed by atoms with Crippen molar-refractivity contribution in [2.75, 3.05) is 0 Å². The average molecular weight is 271 g/mol. The van der Waals surface area contributed by atoms with Crippen LogP contribution in [0.15, 0.2) is 60.7 Å². The topological polar surface area (TPSA) is 17.1 Å². The Labute approximate surface area is 118 Å². The van der Waals surface area contributed by atoms with Crippen LogP contribution in [0, 0.1) is 0 Å². The molecule has 0 heterocycles. The number of aldehydes is 1. The first-order valence-electron chi connectivity index (χ1n) is 6.24. The summed E-state index contributed by atoms with van der Waals surface area (Å²) in [6.45, 7) is 0. The number of aryl methyl sites for hydroxylation is 1. The fourth-order valence-corrected chi connectivity index (χ4v) is 2.24. The molecule has 0 spiro atoms. The third-order valence-corrected chi connectivity index (χ3v) is 3.22. The van der Waals surface area contributed by atoms with Crippen LogP contribution in [0.2, 0.25) is 5.02 Å². The van der Waals surface area contributed by atoms with Gasteiger partial charge in [0, 0.05) is 5.02 Å². The molecular formula is C17H15ClO. The summed E-state index contributed by atoms with van der Waals surface area (Å²) in [5.41, 5.74) is 3.33. The van der Waals surface area contributed by atoms with Crippen molar-refractivity contribution in [3.05, 3.63) is 76.8 Å². The van der Waals surface area contributed by atoms with E-state index in [4.69, 9.17) is 11.6 Å². The third kappa shape index (κ3) is 4.08. The van der Waals surface area contributed by atoms with Gasteiger partial charge in [-0.25, -0.2) is 0 Å². The number of hydrogen-bond donors (Lipinski definition) is 0. The molecule has 0 aliphatic heterocycles. The summed E-state index contributed by atoms with van der Waals surface area (Å²) in [4.78, 5) is 10.8. The van der Waals surface area contributed by atoms with Crippen LogP contribution in [0.4, 0.5) is 0 Å². The van der Waals surface area contributed by atoms with Gasteiger partial charge in [-0.2, -0.15) is 0 Å². The second-order valence-electron chi connectivity index (χ2n) is 4.32. The molecule has 0 amide bonds. The summed E-state index contributed by atoms with van der Waals surface area (Å²) >= 11 is 5.97. The zero-order valence-corrected chi connectivity index (χ0v) is 11.3. The van der Waals surface area contributed by atoms with Gasteiger partial charge < -0.3 is 0 Å². The molecule has 2 aromatic rings. The quantitative estimate of drug-likeness (QED) is 0.575. The Hall–Kier alpha value is -1.86. The van der Waals surface area contributed by atoms with Gasteiger partial charge in [0.15, 0.2) is 0 Å².